The second kappa shape index (κ2) is 5.19. The maximum atomic E-state index is 13.3. The molecule has 0 aromatic heterocycles. The molecule has 0 saturated heterocycles. The molecule has 0 heterocycles. The van der Waals surface area contributed by atoms with Crippen LogP contribution in [-0.2, 0) is 19.7 Å². The molecule has 1 rings (SSSR count). The summed E-state index contributed by atoms with van der Waals surface area (Å²) >= 11 is 0. The van der Waals surface area contributed by atoms with Crippen LogP contribution in [0.1, 0.15) is 13.8 Å². The predicted octanol–water partition coefficient (Wildman–Crippen LogP) is 1.04. The number of carboxylic acid groups (broad SMARTS) is 1. The van der Waals surface area contributed by atoms with Crippen molar-refractivity contribution in [3.63, 3.8) is 0 Å². The molecule has 2 N–H and O–H groups in total. The fraction of sp³-hybridized carbons (Fsp3) is 0.300. The Kier molecular flexibility index (Phi) is 4.23. The van der Waals surface area contributed by atoms with Gasteiger partial charge in [-0.05, 0) is 26.0 Å². The average molecular weight is 295 g/mol. The summed E-state index contributed by atoms with van der Waals surface area (Å²) in [6.07, 6.45) is 0. The van der Waals surface area contributed by atoms with Crippen molar-refractivity contribution in [1.29, 1.82) is 0 Å². The Hall–Kier alpha value is -1.58. The van der Waals surface area contributed by atoms with Crippen LogP contribution in [0.2, 0.25) is 0 Å². The lowest BCUT2D eigenvalue weighted by molar-refractivity contribution is -0.165. The maximum Gasteiger partial charge on any atom is 0.337 e. The first kappa shape index (κ1) is 15.5. The predicted molar refractivity (Wildman–Crippen MR) is 59.5 cm³/mol. The molecule has 19 heavy (non-hydrogen) atoms. The van der Waals surface area contributed by atoms with Crippen LogP contribution < -0.4 is 4.89 Å². The number of benzene rings is 1. The number of hydrogen-bond donors (Lipinski definition) is 2. The first-order valence-electron chi connectivity index (χ1n) is 4.95. The largest absolute Gasteiger partial charge is 0.479 e. The topological polar surface area (TPSA) is 92.7 Å². The summed E-state index contributed by atoms with van der Waals surface area (Å²) in [5.74, 6) is -4.36. The van der Waals surface area contributed by atoms with Crippen LogP contribution in [-0.4, -0.2) is 25.1 Å². The van der Waals surface area contributed by atoms with Crippen molar-refractivity contribution < 1.29 is 31.9 Å². The molecule has 0 atom stereocenters. The monoisotopic (exact) mass is 295 g/mol. The minimum Gasteiger partial charge on any atom is -0.479 e. The van der Waals surface area contributed by atoms with E-state index in [9.17, 15) is 22.0 Å². The molecule has 0 fully saturated rings. The van der Waals surface area contributed by atoms with Crippen LogP contribution in [0.5, 0.6) is 0 Å². The van der Waals surface area contributed by atoms with Gasteiger partial charge in [0.25, 0.3) is 10.0 Å². The number of aliphatic carboxylic acids is 1. The van der Waals surface area contributed by atoms with Crippen molar-refractivity contribution in [3.05, 3.63) is 29.8 Å². The highest BCUT2D eigenvalue weighted by atomic mass is 32.2. The fourth-order valence-electron chi connectivity index (χ4n) is 0.939. The van der Waals surface area contributed by atoms with Crippen LogP contribution in [0.3, 0.4) is 0 Å². The highest BCUT2D eigenvalue weighted by molar-refractivity contribution is 7.89. The summed E-state index contributed by atoms with van der Waals surface area (Å²) < 4.78 is 49.5. The molecule has 0 amide bonds. The number of carbonyl (C=O) groups is 1. The summed E-state index contributed by atoms with van der Waals surface area (Å²) in [5.41, 5.74) is -1.86. The minimum atomic E-state index is -4.53. The number of halogens is 2. The van der Waals surface area contributed by atoms with Crippen LogP contribution >= 0.6 is 0 Å². The van der Waals surface area contributed by atoms with Gasteiger partial charge in [-0.3, -0.25) is 4.84 Å². The van der Waals surface area contributed by atoms with Gasteiger partial charge in [0, 0.05) is 0 Å². The number of carboxylic acids is 1. The summed E-state index contributed by atoms with van der Waals surface area (Å²) in [6.45, 7) is 2.17. The van der Waals surface area contributed by atoms with Gasteiger partial charge in [-0.1, -0.05) is 11.0 Å². The normalized spacial score (nSPS) is 12.4. The molecule has 0 aliphatic heterocycles. The molecule has 0 unspecified atom stereocenters. The molecule has 0 aliphatic rings. The second-order valence-electron chi connectivity index (χ2n) is 4.06. The molecular weight excluding hydrogens is 284 g/mol. The maximum absolute atomic E-state index is 13.3. The Morgan fingerprint density at radius 3 is 2.47 bits per heavy atom. The Morgan fingerprint density at radius 2 is 1.95 bits per heavy atom. The number of sulfonamides is 1. The lowest BCUT2D eigenvalue weighted by Crippen LogP contribution is -2.42. The molecule has 0 aliphatic carbocycles. The lowest BCUT2D eigenvalue weighted by atomic mass is 10.1. The minimum absolute atomic E-state index is 0.746. The van der Waals surface area contributed by atoms with Gasteiger partial charge in [0.1, 0.15) is 4.90 Å². The molecule has 9 heteroatoms. The van der Waals surface area contributed by atoms with Crippen LogP contribution in [0.25, 0.3) is 0 Å². The molecule has 1 aromatic rings. The van der Waals surface area contributed by atoms with Gasteiger partial charge >= 0.3 is 5.97 Å². The Bertz CT molecular complexity index is 600. The van der Waals surface area contributed by atoms with E-state index in [1.54, 1.807) is 0 Å². The molecular formula is C10H11F2NO5S. The van der Waals surface area contributed by atoms with Gasteiger partial charge in [0.2, 0.25) is 0 Å². The highest BCUT2D eigenvalue weighted by Crippen LogP contribution is 2.17. The molecule has 0 radical (unpaired) electrons. The third-order valence-corrected chi connectivity index (χ3v) is 3.32. The Balaban J connectivity index is 3.01. The third-order valence-electron chi connectivity index (χ3n) is 2.13. The average Bonchev–Trinajstić information content (AvgIpc) is 2.30. The second-order valence-corrected chi connectivity index (χ2v) is 5.67. The van der Waals surface area contributed by atoms with Gasteiger partial charge in [-0.15, -0.1) is 0 Å². The van der Waals surface area contributed by atoms with E-state index < -0.39 is 38.1 Å². The first-order valence-corrected chi connectivity index (χ1v) is 6.43. The van der Waals surface area contributed by atoms with Crippen molar-refractivity contribution in [1.82, 2.24) is 4.89 Å². The van der Waals surface area contributed by atoms with Gasteiger partial charge in [-0.25, -0.2) is 22.0 Å². The molecule has 0 saturated carbocycles. The zero-order valence-corrected chi connectivity index (χ0v) is 10.8. The standard InChI is InChI=1S/C10H11F2NO5S/c1-10(2,9(14)15)18-13-19(16,17)7-5-3-4-6(11)8(7)12/h3-5,13H,1-2H3,(H,14,15). The van der Waals surface area contributed by atoms with E-state index in [0.717, 1.165) is 32.0 Å². The van der Waals surface area contributed by atoms with Crippen LogP contribution in [0.4, 0.5) is 8.78 Å². The summed E-state index contributed by atoms with van der Waals surface area (Å²) in [7, 11) is -4.53. The smallest absolute Gasteiger partial charge is 0.337 e. The number of nitrogens with one attached hydrogen (secondary N) is 1. The molecule has 0 spiro atoms. The van der Waals surface area contributed by atoms with Crippen molar-refractivity contribution in [3.8, 4) is 0 Å². The SMILES string of the molecule is CC(C)(ONS(=O)(=O)c1cccc(F)c1F)C(=O)O. The molecule has 1 aromatic carbocycles. The van der Waals surface area contributed by atoms with Gasteiger partial charge < -0.3 is 5.11 Å². The van der Waals surface area contributed by atoms with E-state index in [0.29, 0.717) is 0 Å². The van der Waals surface area contributed by atoms with Crippen molar-refractivity contribution in [2.24, 2.45) is 0 Å². The van der Waals surface area contributed by atoms with Crippen molar-refractivity contribution in [2.45, 2.75) is 24.3 Å². The molecule has 0 bridgehead atoms. The summed E-state index contributed by atoms with van der Waals surface area (Å²) in [5, 5.41) is 8.71. The zero-order chi connectivity index (χ0) is 14.8. The molecule has 6 nitrogen and oxygen atoms in total. The number of hydrogen-bond acceptors (Lipinski definition) is 4. The Labute approximate surface area is 108 Å². The summed E-state index contributed by atoms with van der Waals surface area (Å²) in [4.78, 5) is 15.7. The van der Waals surface area contributed by atoms with Crippen molar-refractivity contribution in [2.75, 3.05) is 0 Å². The lowest BCUT2D eigenvalue weighted by Gasteiger charge is -2.19. The van der Waals surface area contributed by atoms with Gasteiger partial charge in [0.05, 0.1) is 0 Å². The zero-order valence-electron chi connectivity index (χ0n) is 9.98. The van der Waals surface area contributed by atoms with Gasteiger partial charge in [-0.2, -0.15) is 0 Å². The van der Waals surface area contributed by atoms with E-state index in [1.165, 1.54) is 4.89 Å². The van der Waals surface area contributed by atoms with E-state index in [2.05, 4.69) is 4.84 Å². The van der Waals surface area contributed by atoms with Crippen LogP contribution in [0, 0.1) is 11.6 Å². The van der Waals surface area contributed by atoms with Crippen molar-refractivity contribution >= 4 is 16.0 Å². The van der Waals surface area contributed by atoms with E-state index in [1.807, 2.05) is 0 Å². The van der Waals surface area contributed by atoms with E-state index in [4.69, 9.17) is 5.11 Å². The van der Waals surface area contributed by atoms with Gasteiger partial charge in [0.15, 0.2) is 17.2 Å². The first-order chi connectivity index (χ1) is 8.58. The third kappa shape index (κ3) is 3.46. The van der Waals surface area contributed by atoms with E-state index >= 15 is 0 Å². The highest BCUT2D eigenvalue weighted by Gasteiger charge is 2.32. The summed E-state index contributed by atoms with van der Waals surface area (Å²) in [6, 6.07) is 2.56. The fourth-order valence-corrected chi connectivity index (χ4v) is 1.94. The molecule has 106 valence electrons. The Morgan fingerprint density at radius 1 is 1.37 bits per heavy atom. The quantitative estimate of drug-likeness (QED) is 0.792. The van der Waals surface area contributed by atoms with E-state index in [-0.39, 0.29) is 0 Å². The van der Waals surface area contributed by atoms with Crippen LogP contribution in [0.15, 0.2) is 23.1 Å². The number of rotatable bonds is 5.